The molecule has 19 heavy (non-hydrogen) atoms. The number of hydrogen-bond donors (Lipinski definition) is 3. The number of hydrogen-bond acceptors (Lipinski definition) is 3. The number of aliphatic hydroxyl groups is 1. The Morgan fingerprint density at radius 2 is 1.74 bits per heavy atom. The van der Waals surface area contributed by atoms with E-state index in [4.69, 9.17) is 10.8 Å². The zero-order valence-electron chi connectivity index (χ0n) is 10.7. The van der Waals surface area contributed by atoms with Crippen LogP contribution >= 0.6 is 12.4 Å². The molecule has 0 bridgehead atoms. The van der Waals surface area contributed by atoms with Gasteiger partial charge in [-0.2, -0.15) is 0 Å². The first-order chi connectivity index (χ1) is 8.59. The van der Waals surface area contributed by atoms with Crippen LogP contribution in [0, 0.1) is 5.92 Å². The van der Waals surface area contributed by atoms with Crippen LogP contribution in [0.5, 0.6) is 0 Å². The number of halogens is 1. The number of carbonyl (C=O) groups is 1. The SMILES string of the molecule is Cl.N[C@H](c1ccc(C(=O)O)cc1)[C@@H](O)C1CCCC1. The van der Waals surface area contributed by atoms with Crippen molar-refractivity contribution in [2.75, 3.05) is 0 Å². The minimum atomic E-state index is -0.952. The number of rotatable bonds is 4. The van der Waals surface area contributed by atoms with E-state index in [0.717, 1.165) is 31.2 Å². The fourth-order valence-corrected chi connectivity index (χ4v) is 2.64. The van der Waals surface area contributed by atoms with E-state index in [9.17, 15) is 9.90 Å². The van der Waals surface area contributed by atoms with Crippen molar-refractivity contribution < 1.29 is 15.0 Å². The van der Waals surface area contributed by atoms with Gasteiger partial charge in [0.05, 0.1) is 17.7 Å². The van der Waals surface area contributed by atoms with Crippen molar-refractivity contribution in [3.63, 3.8) is 0 Å². The molecule has 1 aliphatic rings. The summed E-state index contributed by atoms with van der Waals surface area (Å²) in [6.45, 7) is 0. The molecule has 2 rings (SSSR count). The molecule has 0 aromatic heterocycles. The Morgan fingerprint density at radius 1 is 1.21 bits per heavy atom. The van der Waals surface area contributed by atoms with Gasteiger partial charge in [0.1, 0.15) is 0 Å². The first-order valence-corrected chi connectivity index (χ1v) is 6.36. The van der Waals surface area contributed by atoms with Gasteiger partial charge in [0, 0.05) is 0 Å². The van der Waals surface area contributed by atoms with E-state index in [1.807, 2.05) is 0 Å². The summed E-state index contributed by atoms with van der Waals surface area (Å²) < 4.78 is 0. The fourth-order valence-electron chi connectivity index (χ4n) is 2.64. The normalized spacial score (nSPS) is 18.6. The summed E-state index contributed by atoms with van der Waals surface area (Å²) in [7, 11) is 0. The molecule has 0 saturated heterocycles. The Hall–Kier alpha value is -1.10. The van der Waals surface area contributed by atoms with E-state index in [1.54, 1.807) is 12.1 Å². The summed E-state index contributed by atoms with van der Waals surface area (Å²) in [6.07, 6.45) is 3.84. The minimum absolute atomic E-state index is 0. The van der Waals surface area contributed by atoms with E-state index < -0.39 is 18.1 Å². The molecule has 0 unspecified atom stereocenters. The Balaban J connectivity index is 0.00000180. The van der Waals surface area contributed by atoms with E-state index in [1.165, 1.54) is 12.1 Å². The highest BCUT2D eigenvalue weighted by atomic mass is 35.5. The number of benzene rings is 1. The lowest BCUT2D eigenvalue weighted by Crippen LogP contribution is -2.31. The van der Waals surface area contributed by atoms with E-state index in [2.05, 4.69) is 0 Å². The van der Waals surface area contributed by atoms with Gasteiger partial charge in [-0.05, 0) is 36.5 Å². The predicted molar refractivity (Wildman–Crippen MR) is 75.5 cm³/mol. The van der Waals surface area contributed by atoms with E-state index in [-0.39, 0.29) is 23.9 Å². The smallest absolute Gasteiger partial charge is 0.335 e. The topological polar surface area (TPSA) is 83.6 Å². The van der Waals surface area contributed by atoms with E-state index >= 15 is 0 Å². The van der Waals surface area contributed by atoms with E-state index in [0.29, 0.717) is 0 Å². The van der Waals surface area contributed by atoms with Crippen molar-refractivity contribution in [1.82, 2.24) is 0 Å². The molecule has 1 aromatic carbocycles. The summed E-state index contributed by atoms with van der Waals surface area (Å²) in [5.74, 6) is -0.675. The van der Waals surface area contributed by atoms with Crippen molar-refractivity contribution in [1.29, 1.82) is 0 Å². The highest BCUT2D eigenvalue weighted by molar-refractivity contribution is 5.87. The molecule has 5 heteroatoms. The molecule has 4 nitrogen and oxygen atoms in total. The molecule has 1 saturated carbocycles. The van der Waals surface area contributed by atoms with Crippen LogP contribution in [0.1, 0.15) is 47.6 Å². The first kappa shape index (κ1) is 16.0. The average Bonchev–Trinajstić information content (AvgIpc) is 2.91. The lowest BCUT2D eigenvalue weighted by molar-refractivity contribution is 0.0697. The molecule has 0 radical (unpaired) electrons. The molecule has 0 amide bonds. The molecule has 1 fully saturated rings. The molecular weight excluding hydrogens is 266 g/mol. The lowest BCUT2D eigenvalue weighted by Gasteiger charge is -2.24. The van der Waals surface area contributed by atoms with Crippen molar-refractivity contribution in [3.05, 3.63) is 35.4 Å². The molecule has 2 atom stereocenters. The van der Waals surface area contributed by atoms with Crippen LogP contribution < -0.4 is 5.73 Å². The first-order valence-electron chi connectivity index (χ1n) is 6.36. The van der Waals surface area contributed by atoms with Crippen LogP contribution in [0.25, 0.3) is 0 Å². The molecular formula is C14H20ClNO3. The summed E-state index contributed by atoms with van der Waals surface area (Å²) in [5.41, 5.74) is 7.08. The van der Waals surface area contributed by atoms with Gasteiger partial charge in [-0.25, -0.2) is 4.79 Å². The Kier molecular flexibility index (Phi) is 5.79. The lowest BCUT2D eigenvalue weighted by atomic mass is 9.90. The third-order valence-electron chi connectivity index (χ3n) is 3.79. The maximum Gasteiger partial charge on any atom is 0.335 e. The van der Waals surface area contributed by atoms with Crippen molar-refractivity contribution in [3.8, 4) is 0 Å². The second-order valence-electron chi connectivity index (χ2n) is 4.99. The van der Waals surface area contributed by atoms with Crippen LogP contribution in [-0.4, -0.2) is 22.3 Å². The molecule has 1 aliphatic carbocycles. The minimum Gasteiger partial charge on any atom is -0.478 e. The highest BCUT2D eigenvalue weighted by Gasteiger charge is 2.28. The number of nitrogens with two attached hydrogens (primary N) is 1. The fraction of sp³-hybridized carbons (Fsp3) is 0.500. The number of carboxylic acid groups (broad SMARTS) is 1. The number of carboxylic acids is 1. The van der Waals surface area contributed by atoms with Gasteiger partial charge < -0.3 is 15.9 Å². The van der Waals surface area contributed by atoms with Gasteiger partial charge in [-0.3, -0.25) is 0 Å². The summed E-state index contributed by atoms with van der Waals surface area (Å²) in [5, 5.41) is 19.0. The largest absolute Gasteiger partial charge is 0.478 e. The van der Waals surface area contributed by atoms with Crippen LogP contribution in [-0.2, 0) is 0 Å². The van der Waals surface area contributed by atoms with Gasteiger partial charge in [0.15, 0.2) is 0 Å². The maximum absolute atomic E-state index is 10.7. The Labute approximate surface area is 119 Å². The summed E-state index contributed by atoms with van der Waals surface area (Å²) in [6, 6.07) is 5.99. The maximum atomic E-state index is 10.7. The Morgan fingerprint density at radius 3 is 2.21 bits per heavy atom. The Bertz CT molecular complexity index is 415. The standard InChI is InChI=1S/C14H19NO3.ClH/c15-12(13(16)10-3-1-2-4-10)9-5-7-11(8-6-9)14(17)18;/h5-8,10,12-13,16H,1-4,15H2,(H,17,18);1H/t12-,13+;/m1./s1. The van der Waals surface area contributed by atoms with Crippen LogP contribution in [0.3, 0.4) is 0 Å². The monoisotopic (exact) mass is 285 g/mol. The number of aromatic carboxylic acids is 1. The van der Waals surface area contributed by atoms with Gasteiger partial charge in [-0.15, -0.1) is 12.4 Å². The highest BCUT2D eigenvalue weighted by Crippen LogP contribution is 2.32. The average molecular weight is 286 g/mol. The van der Waals surface area contributed by atoms with Crippen LogP contribution in [0.2, 0.25) is 0 Å². The molecule has 0 spiro atoms. The quantitative estimate of drug-likeness (QED) is 0.793. The van der Waals surface area contributed by atoms with Crippen LogP contribution in [0.15, 0.2) is 24.3 Å². The van der Waals surface area contributed by atoms with Crippen molar-refractivity contribution >= 4 is 18.4 Å². The third kappa shape index (κ3) is 3.69. The molecule has 0 aliphatic heterocycles. The third-order valence-corrected chi connectivity index (χ3v) is 3.79. The second-order valence-corrected chi connectivity index (χ2v) is 4.99. The molecule has 0 heterocycles. The zero-order valence-corrected chi connectivity index (χ0v) is 11.5. The van der Waals surface area contributed by atoms with Crippen molar-refractivity contribution in [2.24, 2.45) is 11.7 Å². The van der Waals surface area contributed by atoms with Gasteiger partial charge >= 0.3 is 5.97 Å². The number of aliphatic hydroxyl groups excluding tert-OH is 1. The van der Waals surface area contributed by atoms with Gasteiger partial charge in [0.25, 0.3) is 0 Å². The van der Waals surface area contributed by atoms with Crippen LogP contribution in [0.4, 0.5) is 0 Å². The molecule has 1 aromatic rings. The van der Waals surface area contributed by atoms with Gasteiger partial charge in [-0.1, -0.05) is 25.0 Å². The predicted octanol–water partition coefficient (Wildman–Crippen LogP) is 2.36. The van der Waals surface area contributed by atoms with Gasteiger partial charge in [0.2, 0.25) is 0 Å². The second kappa shape index (κ2) is 6.89. The summed E-state index contributed by atoms with van der Waals surface area (Å²) in [4.78, 5) is 10.7. The summed E-state index contributed by atoms with van der Waals surface area (Å²) >= 11 is 0. The van der Waals surface area contributed by atoms with Crippen molar-refractivity contribution in [2.45, 2.75) is 37.8 Å². The molecule has 4 N–H and O–H groups in total. The zero-order chi connectivity index (χ0) is 13.1. The molecule has 106 valence electrons.